The molecule has 0 aliphatic carbocycles. The summed E-state index contributed by atoms with van der Waals surface area (Å²) in [4.78, 5) is 12.3. The van der Waals surface area contributed by atoms with Crippen LogP contribution in [0, 0.1) is 0 Å². The van der Waals surface area contributed by atoms with Gasteiger partial charge in [0.05, 0.1) is 11.6 Å². The molecule has 0 aromatic carbocycles. The molecule has 0 amide bonds. The predicted molar refractivity (Wildman–Crippen MR) is 43.5 cm³/mol. The number of hydrogen-bond acceptors (Lipinski definition) is 3. The fraction of sp³-hybridized carbons (Fsp3) is 0.286. The molecule has 10 heavy (non-hydrogen) atoms. The molecule has 2 nitrogen and oxygen atoms in total. The lowest BCUT2D eigenvalue weighted by atomic mass is 10.4. The Bertz CT molecular complexity index is 176. The van der Waals surface area contributed by atoms with Crippen molar-refractivity contribution in [1.29, 1.82) is 0 Å². The number of nitrogens with zero attached hydrogens (tertiary/aromatic N) is 1. The molecule has 0 radical (unpaired) electrons. The second kappa shape index (κ2) is 3.46. The summed E-state index contributed by atoms with van der Waals surface area (Å²) in [5.41, 5.74) is 0.768. The van der Waals surface area contributed by atoms with Gasteiger partial charge >= 0.3 is 0 Å². The van der Waals surface area contributed by atoms with Gasteiger partial charge < -0.3 is 4.90 Å². The minimum Gasteiger partial charge on any atom is -0.355 e. The third kappa shape index (κ3) is 1.42. The molecule has 0 spiro atoms. The highest BCUT2D eigenvalue weighted by atomic mass is 32.2. The van der Waals surface area contributed by atoms with Gasteiger partial charge in [-0.05, 0) is 5.41 Å². The van der Waals surface area contributed by atoms with Crippen LogP contribution in [0.25, 0.3) is 0 Å². The van der Waals surface area contributed by atoms with Crippen LogP contribution >= 0.6 is 11.8 Å². The molecule has 3 heteroatoms. The third-order valence-corrected chi connectivity index (χ3v) is 2.14. The van der Waals surface area contributed by atoms with Crippen molar-refractivity contribution in [3.05, 3.63) is 23.8 Å². The van der Waals surface area contributed by atoms with E-state index in [0.29, 0.717) is 0 Å². The standard InChI is InChI=1S/C7H9NOS/c1-2-3-8-6-10-5-7(8)4-9/h2,4-5H,1,3,6H2. The van der Waals surface area contributed by atoms with E-state index in [0.717, 1.165) is 24.4 Å². The van der Waals surface area contributed by atoms with Crippen LogP contribution in [0.15, 0.2) is 23.8 Å². The normalized spacial score (nSPS) is 16.8. The molecule has 0 atom stereocenters. The van der Waals surface area contributed by atoms with E-state index in [2.05, 4.69) is 6.58 Å². The lowest BCUT2D eigenvalue weighted by Gasteiger charge is -2.14. The summed E-state index contributed by atoms with van der Waals surface area (Å²) in [6, 6.07) is 0. The van der Waals surface area contributed by atoms with Crippen molar-refractivity contribution in [1.82, 2.24) is 4.90 Å². The largest absolute Gasteiger partial charge is 0.355 e. The molecule has 1 heterocycles. The van der Waals surface area contributed by atoms with Crippen LogP contribution in [-0.2, 0) is 4.79 Å². The third-order valence-electron chi connectivity index (χ3n) is 1.27. The first-order chi connectivity index (χ1) is 4.88. The fourth-order valence-corrected chi connectivity index (χ4v) is 1.66. The Kier molecular flexibility index (Phi) is 2.57. The Morgan fingerprint density at radius 2 is 2.70 bits per heavy atom. The van der Waals surface area contributed by atoms with Crippen molar-refractivity contribution in [2.45, 2.75) is 0 Å². The van der Waals surface area contributed by atoms with Crippen LogP contribution in [0.3, 0.4) is 0 Å². The molecule has 0 N–H and O–H groups in total. The first kappa shape index (κ1) is 7.41. The van der Waals surface area contributed by atoms with Gasteiger partial charge in [-0.1, -0.05) is 6.08 Å². The highest BCUT2D eigenvalue weighted by molar-refractivity contribution is 8.02. The Morgan fingerprint density at radius 1 is 1.90 bits per heavy atom. The molecular weight excluding hydrogens is 146 g/mol. The molecule has 0 saturated carbocycles. The van der Waals surface area contributed by atoms with Crippen molar-refractivity contribution in [3.63, 3.8) is 0 Å². The van der Waals surface area contributed by atoms with E-state index in [9.17, 15) is 4.79 Å². The molecule has 1 aliphatic rings. The second-order valence-electron chi connectivity index (χ2n) is 1.97. The Balaban J connectivity index is 2.53. The fourth-order valence-electron chi connectivity index (χ4n) is 0.778. The topological polar surface area (TPSA) is 20.3 Å². The van der Waals surface area contributed by atoms with E-state index in [1.165, 1.54) is 0 Å². The maximum absolute atomic E-state index is 10.3. The molecule has 0 fully saturated rings. The van der Waals surface area contributed by atoms with Crippen molar-refractivity contribution >= 4 is 18.0 Å². The highest BCUT2D eigenvalue weighted by Gasteiger charge is 2.11. The zero-order valence-corrected chi connectivity index (χ0v) is 6.43. The van der Waals surface area contributed by atoms with Crippen LogP contribution < -0.4 is 0 Å². The zero-order valence-electron chi connectivity index (χ0n) is 5.62. The van der Waals surface area contributed by atoms with Gasteiger partial charge in [-0.3, -0.25) is 4.79 Å². The van der Waals surface area contributed by atoms with Crippen LogP contribution in [-0.4, -0.2) is 23.6 Å². The van der Waals surface area contributed by atoms with Gasteiger partial charge in [-0.2, -0.15) is 0 Å². The van der Waals surface area contributed by atoms with Gasteiger partial charge in [0.25, 0.3) is 0 Å². The SMILES string of the molecule is C=CCN1CSC=C1C=O. The van der Waals surface area contributed by atoms with E-state index in [4.69, 9.17) is 0 Å². The number of carbonyl (C=O) groups excluding carboxylic acids is 1. The number of rotatable bonds is 3. The van der Waals surface area contributed by atoms with E-state index < -0.39 is 0 Å². The summed E-state index contributed by atoms with van der Waals surface area (Å²) < 4.78 is 0. The van der Waals surface area contributed by atoms with Gasteiger partial charge in [0.2, 0.25) is 0 Å². The Hall–Kier alpha value is -0.700. The minimum atomic E-state index is 0.761. The maximum Gasteiger partial charge on any atom is 0.166 e. The molecule has 1 aliphatic heterocycles. The predicted octanol–water partition coefficient (Wildman–Crippen LogP) is 1.22. The summed E-state index contributed by atoms with van der Waals surface area (Å²) in [6.45, 7) is 4.36. The summed E-state index contributed by atoms with van der Waals surface area (Å²) in [5, 5.41) is 1.87. The average molecular weight is 155 g/mol. The van der Waals surface area contributed by atoms with Crippen LogP contribution in [0.1, 0.15) is 0 Å². The van der Waals surface area contributed by atoms with E-state index in [1.807, 2.05) is 10.3 Å². The van der Waals surface area contributed by atoms with Gasteiger partial charge in [0, 0.05) is 6.54 Å². The molecule has 0 bridgehead atoms. The summed E-state index contributed by atoms with van der Waals surface area (Å²) in [7, 11) is 0. The molecular formula is C7H9NOS. The van der Waals surface area contributed by atoms with E-state index in [-0.39, 0.29) is 0 Å². The summed E-state index contributed by atoms with van der Waals surface area (Å²) in [5.74, 6) is 0.875. The van der Waals surface area contributed by atoms with Crippen molar-refractivity contribution < 1.29 is 4.79 Å². The van der Waals surface area contributed by atoms with Crippen LogP contribution in [0.5, 0.6) is 0 Å². The quantitative estimate of drug-likeness (QED) is 0.451. The van der Waals surface area contributed by atoms with E-state index >= 15 is 0 Å². The van der Waals surface area contributed by atoms with Crippen molar-refractivity contribution in [2.24, 2.45) is 0 Å². The number of carbonyl (C=O) groups is 1. The number of aldehydes is 1. The molecule has 0 aromatic rings. The zero-order chi connectivity index (χ0) is 7.40. The molecule has 54 valence electrons. The van der Waals surface area contributed by atoms with Crippen LogP contribution in [0.2, 0.25) is 0 Å². The average Bonchev–Trinajstić information content (AvgIpc) is 2.36. The maximum atomic E-state index is 10.3. The summed E-state index contributed by atoms with van der Waals surface area (Å²) in [6.07, 6.45) is 2.67. The smallest absolute Gasteiger partial charge is 0.166 e. The molecule has 0 saturated heterocycles. The van der Waals surface area contributed by atoms with Crippen LogP contribution in [0.4, 0.5) is 0 Å². The monoisotopic (exact) mass is 155 g/mol. The molecule has 1 rings (SSSR count). The van der Waals surface area contributed by atoms with Gasteiger partial charge in [0.1, 0.15) is 0 Å². The highest BCUT2D eigenvalue weighted by Crippen LogP contribution is 2.20. The summed E-state index contributed by atoms with van der Waals surface area (Å²) >= 11 is 1.64. The van der Waals surface area contributed by atoms with Crippen molar-refractivity contribution in [2.75, 3.05) is 12.4 Å². The van der Waals surface area contributed by atoms with Crippen molar-refractivity contribution in [3.8, 4) is 0 Å². The Labute approximate surface area is 64.6 Å². The molecule has 0 unspecified atom stereocenters. The lowest BCUT2D eigenvalue weighted by molar-refractivity contribution is -0.106. The number of thioether (sulfide) groups is 1. The lowest BCUT2D eigenvalue weighted by Crippen LogP contribution is -2.19. The van der Waals surface area contributed by atoms with E-state index in [1.54, 1.807) is 17.8 Å². The first-order valence-electron chi connectivity index (χ1n) is 3.01. The van der Waals surface area contributed by atoms with Gasteiger partial charge in [-0.15, -0.1) is 18.3 Å². The first-order valence-corrected chi connectivity index (χ1v) is 4.06. The van der Waals surface area contributed by atoms with Gasteiger partial charge in [-0.25, -0.2) is 0 Å². The van der Waals surface area contributed by atoms with Gasteiger partial charge in [0.15, 0.2) is 6.29 Å². The Morgan fingerprint density at radius 3 is 3.30 bits per heavy atom. The number of allylic oxidation sites excluding steroid dienone is 1. The minimum absolute atomic E-state index is 0.761. The molecule has 0 aromatic heterocycles. The second-order valence-corrected chi connectivity index (χ2v) is 2.79. The number of hydrogen-bond donors (Lipinski definition) is 0.